The highest BCUT2D eigenvalue weighted by atomic mass is 35.5. The molecular formula is C22H24ClN3O4S. The molecule has 1 atom stereocenters. The van der Waals surface area contributed by atoms with Gasteiger partial charge < -0.3 is 14.4 Å². The van der Waals surface area contributed by atoms with Crippen molar-refractivity contribution in [2.45, 2.75) is 25.3 Å². The van der Waals surface area contributed by atoms with Gasteiger partial charge in [0.05, 0.1) is 30.3 Å². The topological polar surface area (TPSA) is 73.7 Å². The molecule has 1 aliphatic heterocycles. The van der Waals surface area contributed by atoms with Gasteiger partial charge in [-0.25, -0.2) is 13.1 Å². The molecule has 0 radical (unpaired) electrons. The molecule has 7 nitrogen and oxygen atoms in total. The zero-order valence-electron chi connectivity index (χ0n) is 17.6. The lowest BCUT2D eigenvalue weighted by Crippen LogP contribution is -2.23. The summed E-state index contributed by atoms with van der Waals surface area (Å²) in [6.07, 6.45) is 3.25. The Labute approximate surface area is 187 Å². The third kappa shape index (κ3) is 4.65. The van der Waals surface area contributed by atoms with Crippen molar-refractivity contribution < 1.29 is 17.9 Å². The second-order valence-electron chi connectivity index (χ2n) is 7.66. The summed E-state index contributed by atoms with van der Waals surface area (Å²) in [6, 6.07) is 13.2. The lowest BCUT2D eigenvalue weighted by atomic mass is 10.2. The van der Waals surface area contributed by atoms with Crippen molar-refractivity contribution >= 4 is 27.1 Å². The molecule has 2 heterocycles. The number of halogens is 1. The number of methoxy groups -OCH3 is 1. The van der Waals surface area contributed by atoms with Crippen LogP contribution in [0.15, 0.2) is 48.7 Å². The first-order chi connectivity index (χ1) is 14.7. The lowest BCUT2D eigenvalue weighted by Gasteiger charge is -2.20. The van der Waals surface area contributed by atoms with E-state index >= 15 is 0 Å². The molecule has 0 bridgehead atoms. The minimum atomic E-state index is -3.15. The molecule has 1 unspecified atom stereocenters. The lowest BCUT2D eigenvalue weighted by molar-refractivity contribution is 0.295. The third-order valence-corrected chi connectivity index (χ3v) is 7.24. The average molecular weight is 462 g/mol. The van der Waals surface area contributed by atoms with Crippen molar-refractivity contribution in [3.63, 3.8) is 0 Å². The minimum absolute atomic E-state index is 0.0719. The Balaban J connectivity index is 1.47. The Morgan fingerprint density at radius 3 is 2.45 bits per heavy atom. The summed E-state index contributed by atoms with van der Waals surface area (Å²) >= 11 is 5.97. The van der Waals surface area contributed by atoms with Gasteiger partial charge in [-0.2, -0.15) is 5.10 Å². The van der Waals surface area contributed by atoms with E-state index in [9.17, 15) is 8.42 Å². The molecule has 0 N–H and O–H groups in total. The number of nitrogens with zero attached hydrogens (tertiary/aromatic N) is 3. The molecule has 0 spiro atoms. The summed E-state index contributed by atoms with van der Waals surface area (Å²) in [5, 5.41) is 4.82. The number of benzene rings is 2. The highest BCUT2D eigenvalue weighted by Crippen LogP contribution is 2.35. The quantitative estimate of drug-likeness (QED) is 0.531. The first-order valence-corrected chi connectivity index (χ1v) is 12.2. The van der Waals surface area contributed by atoms with Gasteiger partial charge in [0.25, 0.3) is 0 Å². The summed E-state index contributed by atoms with van der Waals surface area (Å²) in [4.78, 5) is 2.20. The van der Waals surface area contributed by atoms with Gasteiger partial charge in [-0.15, -0.1) is 0 Å². The maximum absolute atomic E-state index is 11.6. The van der Waals surface area contributed by atoms with Crippen molar-refractivity contribution in [2.75, 3.05) is 24.9 Å². The maximum Gasteiger partial charge on any atom is 0.162 e. The van der Waals surface area contributed by atoms with E-state index in [1.807, 2.05) is 53.3 Å². The molecule has 2 aromatic carbocycles. The van der Waals surface area contributed by atoms with Crippen LogP contribution in [0.3, 0.4) is 0 Å². The number of hydrogen-bond donors (Lipinski definition) is 0. The number of sulfone groups is 1. The fraction of sp³-hybridized carbons (Fsp3) is 0.318. The van der Waals surface area contributed by atoms with Crippen LogP contribution in [0.2, 0.25) is 5.02 Å². The first-order valence-electron chi connectivity index (χ1n) is 9.82. The molecule has 4 rings (SSSR count). The number of hydrogen-bond acceptors (Lipinski definition) is 6. The first kappa shape index (κ1) is 21.5. The Morgan fingerprint density at radius 1 is 1.10 bits per heavy atom. The van der Waals surface area contributed by atoms with E-state index in [4.69, 9.17) is 26.2 Å². The third-order valence-electron chi connectivity index (χ3n) is 5.39. The fourth-order valence-corrected chi connectivity index (χ4v) is 3.81. The minimum Gasteiger partial charge on any atom is -0.493 e. The number of aromatic nitrogens is 2. The number of anilines is 1. The highest BCUT2D eigenvalue weighted by molar-refractivity contribution is 7.91. The Morgan fingerprint density at radius 2 is 1.81 bits per heavy atom. The molecule has 0 saturated heterocycles. The van der Waals surface area contributed by atoms with Gasteiger partial charge in [-0.1, -0.05) is 11.6 Å². The fourth-order valence-electron chi connectivity index (χ4n) is 3.36. The van der Waals surface area contributed by atoms with E-state index in [1.54, 1.807) is 14.0 Å². The van der Waals surface area contributed by atoms with E-state index in [-0.39, 0.29) is 6.61 Å². The molecule has 0 aliphatic carbocycles. The zero-order chi connectivity index (χ0) is 22.2. The standard InChI is InChI=1S/C22H24ClN3O4S/c1-15(31(3,27)28)14-30-21-9-8-19(10-22(21)29-2)25-11-16-12-26(24-20(16)13-25)18-6-4-17(23)5-7-18/h4-10,12,15H,11,13-14H2,1-3H3. The maximum atomic E-state index is 11.6. The molecule has 164 valence electrons. The highest BCUT2D eigenvalue weighted by Gasteiger charge is 2.24. The molecule has 0 amide bonds. The average Bonchev–Trinajstić information content (AvgIpc) is 3.31. The summed E-state index contributed by atoms with van der Waals surface area (Å²) in [5.74, 6) is 1.08. The summed E-state index contributed by atoms with van der Waals surface area (Å²) < 4.78 is 36.3. The number of ether oxygens (including phenoxy) is 2. The van der Waals surface area contributed by atoms with Crippen LogP contribution in [-0.4, -0.2) is 43.4 Å². The molecule has 1 aromatic heterocycles. The molecule has 0 fully saturated rings. The van der Waals surface area contributed by atoms with Gasteiger partial charge in [0, 0.05) is 41.3 Å². The normalized spacial score (nSPS) is 14.4. The molecular weight excluding hydrogens is 438 g/mol. The Hall–Kier alpha value is -2.71. The molecule has 0 saturated carbocycles. The van der Waals surface area contributed by atoms with Gasteiger partial charge in [0.2, 0.25) is 0 Å². The molecule has 9 heteroatoms. The van der Waals surface area contributed by atoms with Crippen molar-refractivity contribution in [3.05, 3.63) is 64.9 Å². The van der Waals surface area contributed by atoms with Crippen LogP contribution in [0, 0.1) is 0 Å². The van der Waals surface area contributed by atoms with Crippen molar-refractivity contribution in [1.82, 2.24) is 9.78 Å². The van der Waals surface area contributed by atoms with E-state index in [1.165, 1.54) is 6.26 Å². The number of fused-ring (bicyclic) bond motifs is 1. The second kappa shape index (κ2) is 8.43. The SMILES string of the molecule is COc1cc(N2Cc3cn(-c4ccc(Cl)cc4)nc3C2)ccc1OCC(C)S(C)(=O)=O. The van der Waals surface area contributed by atoms with Gasteiger partial charge >= 0.3 is 0 Å². The van der Waals surface area contributed by atoms with Gasteiger partial charge in [0.15, 0.2) is 21.3 Å². The largest absolute Gasteiger partial charge is 0.493 e. The van der Waals surface area contributed by atoms with Crippen LogP contribution in [-0.2, 0) is 22.9 Å². The molecule has 1 aliphatic rings. The van der Waals surface area contributed by atoms with Crippen molar-refractivity contribution in [2.24, 2.45) is 0 Å². The summed E-state index contributed by atoms with van der Waals surface area (Å²) in [6.45, 7) is 3.12. The molecule has 3 aromatic rings. The number of rotatable bonds is 7. The van der Waals surface area contributed by atoms with E-state index < -0.39 is 15.1 Å². The van der Waals surface area contributed by atoms with Crippen LogP contribution in [0.25, 0.3) is 5.69 Å². The van der Waals surface area contributed by atoms with Crippen molar-refractivity contribution in [3.8, 4) is 17.2 Å². The van der Waals surface area contributed by atoms with E-state index in [0.29, 0.717) is 23.1 Å². The predicted molar refractivity (Wildman–Crippen MR) is 121 cm³/mol. The van der Waals surface area contributed by atoms with E-state index in [0.717, 1.165) is 29.2 Å². The predicted octanol–water partition coefficient (Wildman–Crippen LogP) is 3.87. The van der Waals surface area contributed by atoms with Crippen LogP contribution in [0.5, 0.6) is 11.5 Å². The monoisotopic (exact) mass is 461 g/mol. The summed E-state index contributed by atoms with van der Waals surface area (Å²) in [7, 11) is -1.58. The van der Waals surface area contributed by atoms with Crippen LogP contribution >= 0.6 is 11.6 Å². The Bertz CT molecular complexity index is 1170. The smallest absolute Gasteiger partial charge is 0.162 e. The summed E-state index contributed by atoms with van der Waals surface area (Å²) in [5.41, 5.74) is 4.14. The molecule has 31 heavy (non-hydrogen) atoms. The zero-order valence-corrected chi connectivity index (χ0v) is 19.2. The second-order valence-corrected chi connectivity index (χ2v) is 10.6. The van der Waals surface area contributed by atoms with E-state index in [2.05, 4.69) is 4.90 Å². The van der Waals surface area contributed by atoms with Crippen LogP contribution < -0.4 is 14.4 Å². The van der Waals surface area contributed by atoms with Crippen molar-refractivity contribution in [1.29, 1.82) is 0 Å². The van der Waals surface area contributed by atoms with Gasteiger partial charge in [-0.05, 0) is 43.3 Å². The van der Waals surface area contributed by atoms with Crippen LogP contribution in [0.1, 0.15) is 18.2 Å². The van der Waals surface area contributed by atoms with Gasteiger partial charge in [-0.3, -0.25) is 0 Å². The Kier molecular flexibility index (Phi) is 5.85. The van der Waals surface area contributed by atoms with Crippen LogP contribution in [0.4, 0.5) is 5.69 Å². The van der Waals surface area contributed by atoms with Gasteiger partial charge in [0.1, 0.15) is 6.61 Å².